The Bertz CT molecular complexity index is 2480. The van der Waals surface area contributed by atoms with Crippen molar-refractivity contribution < 1.29 is 49.8 Å². The predicted molar refractivity (Wildman–Crippen MR) is 190 cm³/mol. The standard InChI is InChI=1S/C39H24ClF7N4O4/c1-19-26(21-8-5-9-22(16-21)55-39(45,46)47)17-29(41)33(31(19)43)50-35-24(11-6-14-48-35)37(52)54-38(53)25-12-7-15-49-36(25)51-34-30(42)18-27(20(2)32(34)44)23-10-3-4-13-28(23)40/h3-18H,1-2H3,(H,48,50)(H,49,51). The molecule has 0 aliphatic heterocycles. The Labute approximate surface area is 312 Å². The summed E-state index contributed by atoms with van der Waals surface area (Å²) in [5.41, 5.74) is -1.93. The van der Waals surface area contributed by atoms with E-state index in [1.807, 2.05) is 0 Å². The molecule has 0 spiro atoms. The summed E-state index contributed by atoms with van der Waals surface area (Å²) in [7, 11) is 0. The van der Waals surface area contributed by atoms with Crippen LogP contribution < -0.4 is 15.4 Å². The maximum atomic E-state index is 15.7. The molecular weight excluding hydrogens is 757 g/mol. The molecule has 0 radical (unpaired) electrons. The number of halogens is 8. The number of nitrogens with one attached hydrogen (secondary N) is 2. The number of hydrogen-bond acceptors (Lipinski definition) is 8. The van der Waals surface area contributed by atoms with Gasteiger partial charge in [-0.3, -0.25) is 0 Å². The van der Waals surface area contributed by atoms with Gasteiger partial charge in [0.2, 0.25) is 0 Å². The molecule has 0 amide bonds. The molecule has 4 aromatic carbocycles. The van der Waals surface area contributed by atoms with Crippen molar-refractivity contribution in [2.45, 2.75) is 20.2 Å². The molecule has 0 saturated heterocycles. The Balaban J connectivity index is 1.24. The minimum Gasteiger partial charge on any atom is -0.406 e. The van der Waals surface area contributed by atoms with E-state index in [0.717, 1.165) is 30.3 Å². The largest absolute Gasteiger partial charge is 0.573 e. The molecule has 0 unspecified atom stereocenters. The molecule has 0 aliphatic carbocycles. The van der Waals surface area contributed by atoms with Crippen LogP contribution in [0, 0.1) is 37.1 Å². The van der Waals surface area contributed by atoms with Gasteiger partial charge in [-0.05, 0) is 96.3 Å². The number of rotatable bonds is 9. The lowest BCUT2D eigenvalue weighted by Gasteiger charge is -2.16. The number of alkyl halides is 3. The Morgan fingerprint density at radius 1 is 0.655 bits per heavy atom. The Morgan fingerprint density at radius 2 is 1.18 bits per heavy atom. The number of nitrogens with zero attached hydrogens (tertiary/aromatic N) is 2. The molecule has 0 saturated carbocycles. The lowest BCUT2D eigenvalue weighted by Crippen LogP contribution is -2.17. The number of esters is 2. The van der Waals surface area contributed by atoms with E-state index in [9.17, 15) is 22.8 Å². The van der Waals surface area contributed by atoms with Gasteiger partial charge in [0, 0.05) is 23.0 Å². The first-order chi connectivity index (χ1) is 26.1. The van der Waals surface area contributed by atoms with Crippen LogP contribution in [0.2, 0.25) is 5.02 Å². The van der Waals surface area contributed by atoms with Crippen molar-refractivity contribution in [3.63, 3.8) is 0 Å². The van der Waals surface area contributed by atoms with Crippen LogP contribution in [-0.4, -0.2) is 28.3 Å². The van der Waals surface area contributed by atoms with Crippen LogP contribution in [0.5, 0.6) is 5.75 Å². The number of anilines is 4. The third-order valence-electron chi connectivity index (χ3n) is 8.20. The van der Waals surface area contributed by atoms with E-state index in [4.69, 9.17) is 16.3 Å². The lowest BCUT2D eigenvalue weighted by molar-refractivity contribution is -0.274. The van der Waals surface area contributed by atoms with Crippen molar-refractivity contribution in [2.75, 3.05) is 10.6 Å². The van der Waals surface area contributed by atoms with Crippen molar-refractivity contribution >= 4 is 46.6 Å². The lowest BCUT2D eigenvalue weighted by atomic mass is 9.98. The average Bonchev–Trinajstić information content (AvgIpc) is 3.15. The zero-order valence-corrected chi connectivity index (χ0v) is 29.0. The molecule has 0 atom stereocenters. The van der Waals surface area contributed by atoms with Crippen LogP contribution >= 0.6 is 11.6 Å². The van der Waals surface area contributed by atoms with Crippen LogP contribution in [0.1, 0.15) is 31.8 Å². The highest BCUT2D eigenvalue weighted by Gasteiger charge is 2.31. The third kappa shape index (κ3) is 8.21. The van der Waals surface area contributed by atoms with E-state index in [1.165, 1.54) is 56.6 Å². The summed E-state index contributed by atoms with van der Waals surface area (Å²) in [6.45, 7) is 2.67. The Morgan fingerprint density at radius 3 is 1.73 bits per heavy atom. The zero-order valence-electron chi connectivity index (χ0n) is 28.3. The quantitative estimate of drug-likeness (QED) is 0.0849. The minimum atomic E-state index is -4.99. The molecule has 8 nitrogen and oxygen atoms in total. The van der Waals surface area contributed by atoms with E-state index in [-0.39, 0.29) is 38.7 Å². The summed E-state index contributed by atoms with van der Waals surface area (Å²) in [6, 6.07) is 17.8. The van der Waals surface area contributed by atoms with E-state index in [0.29, 0.717) is 5.56 Å². The van der Waals surface area contributed by atoms with Crippen molar-refractivity contribution in [2.24, 2.45) is 0 Å². The van der Waals surface area contributed by atoms with Gasteiger partial charge in [0.05, 0.1) is 0 Å². The summed E-state index contributed by atoms with van der Waals surface area (Å²) in [5.74, 6) is -8.48. The number of hydrogen-bond donors (Lipinski definition) is 2. The molecule has 2 N–H and O–H groups in total. The molecular formula is C39H24ClF7N4O4. The zero-order chi connectivity index (χ0) is 39.6. The first-order valence-electron chi connectivity index (χ1n) is 15.9. The molecule has 0 aliphatic rings. The van der Waals surface area contributed by atoms with Gasteiger partial charge in [-0.15, -0.1) is 13.2 Å². The fourth-order valence-corrected chi connectivity index (χ4v) is 5.79. The molecule has 2 aromatic heterocycles. The number of aromatic nitrogens is 2. The van der Waals surface area contributed by atoms with Crippen molar-refractivity contribution in [1.82, 2.24) is 9.97 Å². The van der Waals surface area contributed by atoms with Crippen LogP contribution in [0.15, 0.2) is 97.3 Å². The first-order valence-corrected chi connectivity index (χ1v) is 16.3. The van der Waals surface area contributed by atoms with Gasteiger partial charge in [0.15, 0.2) is 11.6 Å². The SMILES string of the molecule is Cc1c(-c2cccc(OC(F)(F)F)c2)cc(F)c(Nc2ncccc2C(=O)OC(=O)c2cccnc2Nc2c(F)cc(-c3ccccc3Cl)c(C)c2F)c1F. The van der Waals surface area contributed by atoms with Gasteiger partial charge in [-0.1, -0.05) is 41.9 Å². The van der Waals surface area contributed by atoms with Crippen molar-refractivity contribution in [1.29, 1.82) is 0 Å². The second-order valence-electron chi connectivity index (χ2n) is 11.7. The monoisotopic (exact) mass is 780 g/mol. The minimum absolute atomic E-state index is 0.0169. The molecule has 6 rings (SSSR count). The maximum Gasteiger partial charge on any atom is 0.573 e. The van der Waals surface area contributed by atoms with E-state index in [1.54, 1.807) is 24.3 Å². The number of benzene rings is 4. The van der Waals surface area contributed by atoms with Crippen molar-refractivity contribution in [3.05, 3.63) is 148 Å². The molecule has 16 heteroatoms. The Hall–Kier alpha value is -6.48. The normalized spacial score (nSPS) is 11.2. The van der Waals surface area contributed by atoms with Crippen LogP contribution in [0.3, 0.4) is 0 Å². The Kier molecular flexibility index (Phi) is 10.8. The molecule has 280 valence electrons. The summed E-state index contributed by atoms with van der Waals surface area (Å²) >= 11 is 6.24. The highest BCUT2D eigenvalue weighted by molar-refractivity contribution is 6.33. The molecule has 0 fully saturated rings. The number of pyridine rings is 2. The van der Waals surface area contributed by atoms with Crippen molar-refractivity contribution in [3.8, 4) is 28.0 Å². The van der Waals surface area contributed by atoms with Crippen LogP contribution in [0.4, 0.5) is 53.7 Å². The number of carbonyl (C=O) groups is 2. The average molecular weight is 781 g/mol. The topological polar surface area (TPSA) is 102 Å². The van der Waals surface area contributed by atoms with E-state index >= 15 is 17.6 Å². The smallest absolute Gasteiger partial charge is 0.406 e. The van der Waals surface area contributed by atoms with E-state index in [2.05, 4.69) is 25.3 Å². The number of carbonyl (C=O) groups excluding carboxylic acids is 2. The molecule has 6 aromatic rings. The highest BCUT2D eigenvalue weighted by Crippen LogP contribution is 2.38. The van der Waals surface area contributed by atoms with Gasteiger partial charge >= 0.3 is 18.3 Å². The first kappa shape index (κ1) is 38.3. The fourth-order valence-electron chi connectivity index (χ4n) is 5.55. The molecule has 2 heterocycles. The van der Waals surface area contributed by atoms with Gasteiger partial charge in [0.25, 0.3) is 0 Å². The molecule has 55 heavy (non-hydrogen) atoms. The molecule has 0 bridgehead atoms. The summed E-state index contributed by atoms with van der Waals surface area (Å²) < 4.78 is 109. The van der Waals surface area contributed by atoms with E-state index < -0.39 is 75.6 Å². The second-order valence-corrected chi connectivity index (χ2v) is 12.1. The van der Waals surface area contributed by atoms with Gasteiger partial charge in [-0.25, -0.2) is 37.1 Å². The van der Waals surface area contributed by atoms with Crippen LogP contribution in [-0.2, 0) is 4.74 Å². The van der Waals surface area contributed by atoms with Gasteiger partial charge in [0.1, 0.15) is 51.5 Å². The predicted octanol–water partition coefficient (Wildman–Crippen LogP) is 11.0. The summed E-state index contributed by atoms with van der Waals surface area (Å²) in [4.78, 5) is 34.5. The van der Waals surface area contributed by atoms with Gasteiger partial charge in [-0.2, -0.15) is 0 Å². The second kappa shape index (κ2) is 15.5. The highest BCUT2D eigenvalue weighted by atomic mass is 35.5. The fraction of sp³-hybridized carbons (Fsp3) is 0.0769. The summed E-state index contributed by atoms with van der Waals surface area (Å²) in [6.07, 6.45) is -2.60. The van der Waals surface area contributed by atoms with Gasteiger partial charge < -0.3 is 20.1 Å². The summed E-state index contributed by atoms with van der Waals surface area (Å²) in [5, 5.41) is 5.11. The number of ether oxygens (including phenoxy) is 2. The maximum absolute atomic E-state index is 15.7. The third-order valence-corrected chi connectivity index (χ3v) is 8.52. The van der Waals surface area contributed by atoms with Crippen LogP contribution in [0.25, 0.3) is 22.3 Å².